The molecule has 0 unspecified atom stereocenters. The second kappa shape index (κ2) is 5.77. The molecule has 0 aromatic carbocycles. The Morgan fingerprint density at radius 1 is 1.47 bits per heavy atom. The third-order valence-corrected chi connectivity index (χ3v) is 6.91. The molecule has 19 heavy (non-hydrogen) atoms. The number of quaternary nitrogens is 1. The Kier molecular flexibility index (Phi) is 4.48. The smallest absolute Gasteiger partial charge is 0.253 e. The van der Waals surface area contributed by atoms with Gasteiger partial charge in [0.15, 0.2) is 6.04 Å². The molecule has 1 aromatic heterocycles. The summed E-state index contributed by atoms with van der Waals surface area (Å²) in [6.07, 6.45) is 0. The monoisotopic (exact) mass is 320 g/mol. The largest absolute Gasteiger partial charge is 0.319 e. The topological polar surface area (TPSA) is 65.6 Å². The fraction of sp³-hybridized carbons (Fsp3) is 0.545. The maximum absolute atomic E-state index is 12.4. The summed E-state index contributed by atoms with van der Waals surface area (Å²) in [5.74, 6) is 0. The van der Waals surface area contributed by atoms with Gasteiger partial charge in [-0.2, -0.15) is 9.57 Å². The van der Waals surface area contributed by atoms with Gasteiger partial charge in [-0.15, -0.1) is 11.3 Å². The van der Waals surface area contributed by atoms with Crippen molar-refractivity contribution < 1.29 is 13.3 Å². The van der Waals surface area contributed by atoms with E-state index in [0.29, 0.717) is 30.5 Å². The molecule has 2 heterocycles. The van der Waals surface area contributed by atoms with Crippen molar-refractivity contribution in [2.24, 2.45) is 0 Å². The Bertz CT molecular complexity index is 585. The van der Waals surface area contributed by atoms with Gasteiger partial charge in [0.25, 0.3) is 10.0 Å². The van der Waals surface area contributed by atoms with Gasteiger partial charge in [-0.05, 0) is 12.1 Å². The molecule has 1 aliphatic rings. The Labute approximate surface area is 122 Å². The summed E-state index contributed by atoms with van der Waals surface area (Å²) in [7, 11) is -3.43. The van der Waals surface area contributed by atoms with Crippen LogP contribution >= 0.6 is 22.9 Å². The molecule has 8 heteroatoms. The fourth-order valence-electron chi connectivity index (χ4n) is 2.10. The van der Waals surface area contributed by atoms with Gasteiger partial charge in [0.05, 0.1) is 30.5 Å². The second-order valence-electron chi connectivity index (χ2n) is 4.47. The number of nitriles is 1. The van der Waals surface area contributed by atoms with Gasteiger partial charge in [-0.3, -0.25) is 0 Å². The van der Waals surface area contributed by atoms with Gasteiger partial charge >= 0.3 is 0 Å². The minimum atomic E-state index is -3.43. The number of sulfonamides is 1. The number of thiophene rings is 1. The highest BCUT2D eigenvalue weighted by molar-refractivity contribution is 7.91. The number of rotatable bonds is 3. The Morgan fingerprint density at radius 3 is 2.58 bits per heavy atom. The number of hydrogen-bond acceptors (Lipinski definition) is 4. The number of halogens is 1. The normalized spacial score (nSPS) is 20.1. The molecule has 0 radical (unpaired) electrons. The van der Waals surface area contributed by atoms with Crippen LogP contribution in [0.5, 0.6) is 0 Å². The molecule has 5 nitrogen and oxygen atoms in total. The van der Waals surface area contributed by atoms with E-state index in [9.17, 15) is 8.42 Å². The van der Waals surface area contributed by atoms with E-state index in [-0.39, 0.29) is 10.3 Å². The van der Waals surface area contributed by atoms with E-state index >= 15 is 0 Å². The van der Waals surface area contributed by atoms with E-state index < -0.39 is 10.0 Å². The molecule has 1 aromatic rings. The van der Waals surface area contributed by atoms with Crippen molar-refractivity contribution in [1.82, 2.24) is 4.31 Å². The van der Waals surface area contributed by atoms with Crippen LogP contribution in [0.2, 0.25) is 4.34 Å². The number of hydrogen-bond donors (Lipinski definition) is 1. The van der Waals surface area contributed by atoms with Gasteiger partial charge in [0.1, 0.15) is 10.3 Å². The lowest BCUT2D eigenvalue weighted by molar-refractivity contribution is -0.918. The van der Waals surface area contributed by atoms with Crippen LogP contribution < -0.4 is 4.90 Å². The SMILES string of the molecule is C[C@@H](C#N)[NH+]1CCN(S(=O)(=O)c2ccc(Cl)s2)CC1. The first kappa shape index (κ1) is 14.8. The molecule has 1 N–H and O–H groups in total. The van der Waals surface area contributed by atoms with Gasteiger partial charge in [0, 0.05) is 6.92 Å². The third-order valence-electron chi connectivity index (χ3n) is 3.31. The van der Waals surface area contributed by atoms with E-state index in [1.165, 1.54) is 4.31 Å². The van der Waals surface area contributed by atoms with Crippen molar-refractivity contribution in [1.29, 1.82) is 5.26 Å². The third kappa shape index (κ3) is 3.09. The highest BCUT2D eigenvalue weighted by Crippen LogP contribution is 2.27. The first-order chi connectivity index (χ1) is 8.95. The summed E-state index contributed by atoms with van der Waals surface area (Å²) in [6, 6.07) is 5.24. The molecular formula is C11H15ClN3O2S2+. The van der Waals surface area contributed by atoms with Crippen LogP contribution in [-0.4, -0.2) is 44.9 Å². The Hall–Kier alpha value is -0.650. The standard InChI is InChI=1S/C11H14ClN3O2S2/c1-9(8-13)14-4-6-15(7-5-14)19(16,17)11-3-2-10(12)18-11/h2-3,9H,4-7H2,1H3/p+1/t9-/m0/s1. The molecule has 104 valence electrons. The van der Waals surface area contributed by atoms with Gasteiger partial charge in [-0.25, -0.2) is 8.42 Å². The summed E-state index contributed by atoms with van der Waals surface area (Å²) in [5, 5.41) is 8.88. The summed E-state index contributed by atoms with van der Waals surface area (Å²) in [6.45, 7) is 4.07. The first-order valence-corrected chi connectivity index (χ1v) is 8.58. The minimum absolute atomic E-state index is 0.0963. The molecular weight excluding hydrogens is 306 g/mol. The predicted molar refractivity (Wildman–Crippen MR) is 73.9 cm³/mol. The average molecular weight is 321 g/mol. The van der Waals surface area contributed by atoms with Gasteiger partial charge in [-0.1, -0.05) is 11.6 Å². The van der Waals surface area contributed by atoms with Crippen LogP contribution in [-0.2, 0) is 10.0 Å². The summed E-state index contributed by atoms with van der Waals surface area (Å²) in [5.41, 5.74) is 0. The fourth-order valence-corrected chi connectivity index (χ4v) is 5.18. The van der Waals surface area contributed by atoms with Gasteiger partial charge < -0.3 is 4.90 Å². The minimum Gasteiger partial charge on any atom is -0.319 e. The number of nitrogens with one attached hydrogen (secondary N) is 1. The molecule has 0 saturated carbocycles. The van der Waals surface area contributed by atoms with E-state index in [1.807, 2.05) is 6.92 Å². The van der Waals surface area contributed by atoms with Crippen molar-refractivity contribution in [3.63, 3.8) is 0 Å². The zero-order chi connectivity index (χ0) is 14.0. The maximum Gasteiger partial charge on any atom is 0.253 e. The van der Waals surface area contributed by atoms with Crippen molar-refractivity contribution in [3.8, 4) is 6.07 Å². The molecule has 0 aliphatic carbocycles. The first-order valence-electron chi connectivity index (χ1n) is 5.95. The lowest BCUT2D eigenvalue weighted by Gasteiger charge is -2.32. The number of piperazine rings is 1. The molecule has 0 bridgehead atoms. The van der Waals surface area contributed by atoms with Crippen molar-refractivity contribution in [3.05, 3.63) is 16.5 Å². The van der Waals surface area contributed by atoms with Crippen LogP contribution in [0.1, 0.15) is 6.92 Å². The lowest BCUT2D eigenvalue weighted by Crippen LogP contribution is -3.17. The zero-order valence-electron chi connectivity index (χ0n) is 10.5. The lowest BCUT2D eigenvalue weighted by atomic mass is 10.2. The molecule has 0 spiro atoms. The molecule has 1 saturated heterocycles. The highest BCUT2D eigenvalue weighted by atomic mass is 35.5. The zero-order valence-corrected chi connectivity index (χ0v) is 12.9. The van der Waals surface area contributed by atoms with Crippen LogP contribution in [0, 0.1) is 11.3 Å². The molecule has 1 aliphatic heterocycles. The van der Waals surface area contributed by atoms with E-state index in [2.05, 4.69) is 6.07 Å². The Balaban J connectivity index is 2.08. The number of nitrogens with zero attached hydrogens (tertiary/aromatic N) is 2. The van der Waals surface area contributed by atoms with E-state index in [1.54, 1.807) is 12.1 Å². The van der Waals surface area contributed by atoms with Crippen molar-refractivity contribution in [2.75, 3.05) is 26.2 Å². The van der Waals surface area contributed by atoms with Crippen LogP contribution in [0.15, 0.2) is 16.3 Å². The summed E-state index contributed by atoms with van der Waals surface area (Å²) < 4.78 is 26.9. The van der Waals surface area contributed by atoms with Crippen LogP contribution in [0.4, 0.5) is 0 Å². The average Bonchev–Trinajstić information content (AvgIpc) is 2.85. The molecule has 1 atom stereocenters. The predicted octanol–water partition coefficient (Wildman–Crippen LogP) is 0.203. The molecule has 0 amide bonds. The van der Waals surface area contributed by atoms with E-state index in [4.69, 9.17) is 16.9 Å². The van der Waals surface area contributed by atoms with Gasteiger partial charge in [0.2, 0.25) is 0 Å². The maximum atomic E-state index is 12.4. The second-order valence-corrected chi connectivity index (χ2v) is 8.35. The van der Waals surface area contributed by atoms with Crippen LogP contribution in [0.3, 0.4) is 0 Å². The molecule has 1 fully saturated rings. The van der Waals surface area contributed by atoms with E-state index in [0.717, 1.165) is 16.2 Å². The summed E-state index contributed by atoms with van der Waals surface area (Å²) in [4.78, 5) is 1.14. The van der Waals surface area contributed by atoms with Crippen molar-refractivity contribution in [2.45, 2.75) is 17.2 Å². The summed E-state index contributed by atoms with van der Waals surface area (Å²) >= 11 is 6.86. The Morgan fingerprint density at radius 2 is 2.11 bits per heavy atom. The van der Waals surface area contributed by atoms with Crippen molar-refractivity contribution >= 4 is 33.0 Å². The highest BCUT2D eigenvalue weighted by Gasteiger charge is 2.32. The quantitative estimate of drug-likeness (QED) is 0.865. The molecule has 2 rings (SSSR count). The van der Waals surface area contributed by atoms with Crippen LogP contribution in [0.25, 0.3) is 0 Å².